The lowest BCUT2D eigenvalue weighted by Gasteiger charge is -2.17. The molecule has 0 aliphatic carbocycles. The fraction of sp³-hybridized carbons (Fsp3) is 1.00. The molecule has 0 aromatic heterocycles. The molecule has 12 heavy (non-hydrogen) atoms. The molecule has 0 aromatic carbocycles. The van der Waals surface area contributed by atoms with Crippen LogP contribution in [0.5, 0.6) is 0 Å². The number of halogens is 3. The zero-order chi connectivity index (χ0) is 9.78. The van der Waals surface area contributed by atoms with E-state index in [1.807, 2.05) is 0 Å². The van der Waals surface area contributed by atoms with Crippen molar-refractivity contribution in [3.05, 3.63) is 0 Å². The van der Waals surface area contributed by atoms with Crippen LogP contribution in [0.3, 0.4) is 0 Å². The predicted octanol–water partition coefficient (Wildman–Crippen LogP) is 2.34. The third-order valence-electron chi connectivity index (χ3n) is 1.18. The molecule has 0 N–H and O–H groups in total. The molecule has 1 atom stereocenters. The maximum absolute atomic E-state index is 11.8. The van der Waals surface area contributed by atoms with Crippen molar-refractivity contribution in [1.82, 2.24) is 0 Å². The maximum atomic E-state index is 11.8. The zero-order valence-corrected chi connectivity index (χ0v) is 7.31. The predicted molar refractivity (Wildman–Crippen MR) is 37.7 cm³/mol. The first-order valence-corrected chi connectivity index (χ1v) is 3.64. The second-order valence-corrected chi connectivity index (χ2v) is 2.68. The fourth-order valence-corrected chi connectivity index (χ4v) is 0.372. The van der Waals surface area contributed by atoms with Crippen LogP contribution in [0.2, 0.25) is 0 Å². The molecular formula is C7H13F3O2. The topological polar surface area (TPSA) is 18.5 Å². The van der Waals surface area contributed by atoms with Crippen molar-refractivity contribution < 1.29 is 22.6 Å². The Morgan fingerprint density at radius 2 is 1.58 bits per heavy atom. The quantitative estimate of drug-likeness (QED) is 0.627. The first-order valence-electron chi connectivity index (χ1n) is 3.64. The minimum Gasteiger partial charge on any atom is -0.353 e. The third-order valence-corrected chi connectivity index (χ3v) is 1.18. The minimum absolute atomic E-state index is 0.120. The molecule has 0 aliphatic heterocycles. The van der Waals surface area contributed by atoms with Crippen LogP contribution in [-0.2, 0) is 9.47 Å². The summed E-state index contributed by atoms with van der Waals surface area (Å²) < 4.78 is 44.5. The van der Waals surface area contributed by atoms with Gasteiger partial charge in [0.25, 0.3) is 0 Å². The van der Waals surface area contributed by atoms with Crippen molar-refractivity contribution in [2.75, 3.05) is 6.79 Å². The summed E-state index contributed by atoms with van der Waals surface area (Å²) in [5, 5.41) is 0. The minimum atomic E-state index is -4.31. The van der Waals surface area contributed by atoms with E-state index in [2.05, 4.69) is 4.74 Å². The Morgan fingerprint density at radius 3 is 1.92 bits per heavy atom. The van der Waals surface area contributed by atoms with Gasteiger partial charge in [-0.05, 0) is 20.8 Å². The molecule has 0 amide bonds. The van der Waals surface area contributed by atoms with Crippen LogP contribution >= 0.6 is 0 Å². The van der Waals surface area contributed by atoms with Gasteiger partial charge in [0.15, 0.2) is 6.10 Å². The van der Waals surface area contributed by atoms with Crippen LogP contribution in [0.15, 0.2) is 0 Å². The standard InChI is InChI=1S/C7H13F3O2/c1-5(2)11-4-12-6(3)7(8,9)10/h5-6H,4H2,1-3H3. The summed E-state index contributed by atoms with van der Waals surface area (Å²) in [6, 6.07) is 0. The largest absolute Gasteiger partial charge is 0.414 e. The first kappa shape index (κ1) is 11.7. The van der Waals surface area contributed by atoms with Crippen molar-refractivity contribution >= 4 is 0 Å². The van der Waals surface area contributed by atoms with Crippen molar-refractivity contribution in [2.45, 2.75) is 39.2 Å². The second-order valence-electron chi connectivity index (χ2n) is 2.68. The van der Waals surface area contributed by atoms with Crippen LogP contribution in [0.25, 0.3) is 0 Å². The Labute approximate surface area is 69.7 Å². The molecule has 74 valence electrons. The van der Waals surface area contributed by atoms with E-state index in [0.717, 1.165) is 6.92 Å². The van der Waals surface area contributed by atoms with E-state index in [4.69, 9.17) is 4.74 Å². The van der Waals surface area contributed by atoms with Gasteiger partial charge in [-0.2, -0.15) is 13.2 Å². The molecule has 0 aromatic rings. The van der Waals surface area contributed by atoms with E-state index in [1.165, 1.54) is 0 Å². The van der Waals surface area contributed by atoms with Gasteiger partial charge in [0, 0.05) is 0 Å². The van der Waals surface area contributed by atoms with Crippen LogP contribution < -0.4 is 0 Å². The molecule has 0 rings (SSSR count). The summed E-state index contributed by atoms with van der Waals surface area (Å²) in [7, 11) is 0. The molecule has 1 unspecified atom stereocenters. The van der Waals surface area contributed by atoms with E-state index in [9.17, 15) is 13.2 Å². The SMILES string of the molecule is CC(C)OCOC(C)C(F)(F)F. The maximum Gasteiger partial charge on any atom is 0.414 e. The molecule has 0 heterocycles. The van der Waals surface area contributed by atoms with Gasteiger partial charge in [0.2, 0.25) is 0 Å². The summed E-state index contributed by atoms with van der Waals surface area (Å²) in [5.74, 6) is 0. The molecule has 5 heteroatoms. The molecule has 2 nitrogen and oxygen atoms in total. The lowest BCUT2D eigenvalue weighted by Crippen LogP contribution is -2.29. The summed E-state index contributed by atoms with van der Waals surface area (Å²) in [4.78, 5) is 0. The van der Waals surface area contributed by atoms with E-state index in [-0.39, 0.29) is 12.9 Å². The summed E-state index contributed by atoms with van der Waals surface area (Å²) >= 11 is 0. The van der Waals surface area contributed by atoms with Gasteiger partial charge in [-0.1, -0.05) is 0 Å². The van der Waals surface area contributed by atoms with Crippen molar-refractivity contribution in [3.63, 3.8) is 0 Å². The molecule has 0 fully saturated rings. The molecule has 0 radical (unpaired) electrons. The smallest absolute Gasteiger partial charge is 0.353 e. The van der Waals surface area contributed by atoms with Crippen LogP contribution in [-0.4, -0.2) is 25.2 Å². The van der Waals surface area contributed by atoms with Crippen molar-refractivity contribution in [2.24, 2.45) is 0 Å². The summed E-state index contributed by atoms with van der Waals surface area (Å²) in [6.45, 7) is 4.07. The number of ether oxygens (including phenoxy) is 2. The number of hydrogen-bond acceptors (Lipinski definition) is 2. The third kappa shape index (κ3) is 5.37. The molecule has 0 aliphatic rings. The Hall–Kier alpha value is -0.290. The average Bonchev–Trinajstić information content (AvgIpc) is 1.84. The monoisotopic (exact) mass is 186 g/mol. The van der Waals surface area contributed by atoms with E-state index in [0.29, 0.717) is 0 Å². The molecular weight excluding hydrogens is 173 g/mol. The van der Waals surface area contributed by atoms with Gasteiger partial charge in [-0.25, -0.2) is 0 Å². The molecule has 0 saturated heterocycles. The van der Waals surface area contributed by atoms with E-state index < -0.39 is 12.3 Å². The highest BCUT2D eigenvalue weighted by Gasteiger charge is 2.36. The Balaban J connectivity index is 3.51. The van der Waals surface area contributed by atoms with E-state index in [1.54, 1.807) is 13.8 Å². The highest BCUT2D eigenvalue weighted by molar-refractivity contribution is 4.59. The first-order chi connectivity index (χ1) is 5.34. The highest BCUT2D eigenvalue weighted by atomic mass is 19.4. The van der Waals surface area contributed by atoms with Crippen molar-refractivity contribution in [3.8, 4) is 0 Å². The Kier molecular flexibility index (Phi) is 4.55. The molecule has 0 saturated carbocycles. The summed E-state index contributed by atoms with van der Waals surface area (Å²) in [6.07, 6.45) is -6.19. The number of hydrogen-bond donors (Lipinski definition) is 0. The normalized spacial score (nSPS) is 15.2. The van der Waals surface area contributed by atoms with Gasteiger partial charge >= 0.3 is 6.18 Å². The fourth-order valence-electron chi connectivity index (χ4n) is 0.372. The van der Waals surface area contributed by atoms with Gasteiger partial charge in [0.1, 0.15) is 6.79 Å². The summed E-state index contributed by atoms with van der Waals surface area (Å²) in [5.41, 5.74) is 0. The lowest BCUT2D eigenvalue weighted by atomic mass is 10.4. The van der Waals surface area contributed by atoms with E-state index >= 15 is 0 Å². The average molecular weight is 186 g/mol. The molecule has 0 bridgehead atoms. The van der Waals surface area contributed by atoms with Crippen LogP contribution in [0, 0.1) is 0 Å². The lowest BCUT2D eigenvalue weighted by molar-refractivity contribution is -0.240. The van der Waals surface area contributed by atoms with Crippen LogP contribution in [0.1, 0.15) is 20.8 Å². The number of alkyl halides is 3. The van der Waals surface area contributed by atoms with Crippen molar-refractivity contribution in [1.29, 1.82) is 0 Å². The molecule has 0 spiro atoms. The Bertz CT molecular complexity index is 122. The highest BCUT2D eigenvalue weighted by Crippen LogP contribution is 2.22. The van der Waals surface area contributed by atoms with Gasteiger partial charge in [-0.15, -0.1) is 0 Å². The zero-order valence-electron chi connectivity index (χ0n) is 7.31. The van der Waals surface area contributed by atoms with Gasteiger partial charge in [0.05, 0.1) is 6.10 Å². The number of rotatable bonds is 4. The van der Waals surface area contributed by atoms with Gasteiger partial charge < -0.3 is 9.47 Å². The second kappa shape index (κ2) is 4.67. The van der Waals surface area contributed by atoms with Crippen LogP contribution in [0.4, 0.5) is 13.2 Å². The van der Waals surface area contributed by atoms with Gasteiger partial charge in [-0.3, -0.25) is 0 Å². The Morgan fingerprint density at radius 1 is 1.08 bits per heavy atom.